The van der Waals surface area contributed by atoms with Crippen molar-refractivity contribution in [3.8, 4) is 0 Å². The Morgan fingerprint density at radius 1 is 1.29 bits per heavy atom. The zero-order chi connectivity index (χ0) is 12.0. The van der Waals surface area contributed by atoms with Crippen LogP contribution in [0.1, 0.15) is 16.8 Å². The van der Waals surface area contributed by atoms with Crippen molar-refractivity contribution >= 4 is 24.1 Å². The SMILES string of the molecule is CN(C)CCCOC(=O)c1ccc(N)cc1.Cl. The van der Waals surface area contributed by atoms with Gasteiger partial charge in [0.25, 0.3) is 0 Å². The van der Waals surface area contributed by atoms with E-state index in [9.17, 15) is 4.79 Å². The summed E-state index contributed by atoms with van der Waals surface area (Å²) in [5, 5.41) is 0. The van der Waals surface area contributed by atoms with Gasteiger partial charge < -0.3 is 15.4 Å². The Balaban J connectivity index is 0.00000256. The molecule has 0 spiro atoms. The highest BCUT2D eigenvalue weighted by molar-refractivity contribution is 5.89. The standard InChI is InChI=1S/C12H18N2O2.ClH/c1-14(2)8-3-9-16-12(15)10-4-6-11(13)7-5-10;/h4-7H,3,8-9,13H2,1-2H3;1H. The summed E-state index contributed by atoms with van der Waals surface area (Å²) in [6, 6.07) is 6.72. The van der Waals surface area contributed by atoms with Crippen LogP contribution in [0.15, 0.2) is 24.3 Å². The second-order valence-corrected chi connectivity index (χ2v) is 3.91. The number of hydrogen-bond acceptors (Lipinski definition) is 4. The summed E-state index contributed by atoms with van der Waals surface area (Å²) in [6.45, 7) is 1.36. The first-order chi connectivity index (χ1) is 7.59. The third-order valence-corrected chi connectivity index (χ3v) is 2.13. The predicted molar refractivity (Wildman–Crippen MR) is 71.6 cm³/mol. The largest absolute Gasteiger partial charge is 0.462 e. The number of nitrogens with two attached hydrogens (primary N) is 1. The average molecular weight is 259 g/mol. The van der Waals surface area contributed by atoms with Crippen LogP contribution < -0.4 is 5.73 Å². The van der Waals surface area contributed by atoms with Gasteiger partial charge in [-0.15, -0.1) is 12.4 Å². The quantitative estimate of drug-likeness (QED) is 0.497. The minimum Gasteiger partial charge on any atom is -0.462 e. The first kappa shape index (κ1) is 15.7. The van der Waals surface area contributed by atoms with Gasteiger partial charge >= 0.3 is 5.97 Å². The zero-order valence-electron chi connectivity index (χ0n) is 10.2. The Kier molecular flexibility index (Phi) is 7.34. The van der Waals surface area contributed by atoms with Crippen molar-refractivity contribution in [2.24, 2.45) is 0 Å². The number of hydrogen-bond donors (Lipinski definition) is 1. The Hall–Kier alpha value is -1.26. The van der Waals surface area contributed by atoms with Crippen LogP contribution >= 0.6 is 12.4 Å². The molecular formula is C12H19ClN2O2. The van der Waals surface area contributed by atoms with Crippen molar-refractivity contribution in [2.45, 2.75) is 6.42 Å². The molecule has 0 aromatic heterocycles. The molecule has 0 heterocycles. The molecule has 0 atom stereocenters. The van der Waals surface area contributed by atoms with E-state index in [0.717, 1.165) is 13.0 Å². The van der Waals surface area contributed by atoms with Crippen molar-refractivity contribution in [1.29, 1.82) is 0 Å². The fraction of sp³-hybridized carbons (Fsp3) is 0.417. The molecule has 0 radical (unpaired) electrons. The molecule has 4 nitrogen and oxygen atoms in total. The van der Waals surface area contributed by atoms with Gasteiger partial charge in [0.15, 0.2) is 0 Å². The van der Waals surface area contributed by atoms with Crippen LogP contribution in [0.4, 0.5) is 5.69 Å². The Labute approximate surface area is 108 Å². The third kappa shape index (κ3) is 6.14. The van der Waals surface area contributed by atoms with Crippen LogP contribution in [0.25, 0.3) is 0 Å². The van der Waals surface area contributed by atoms with Gasteiger partial charge in [-0.3, -0.25) is 0 Å². The second-order valence-electron chi connectivity index (χ2n) is 3.91. The topological polar surface area (TPSA) is 55.6 Å². The van der Waals surface area contributed by atoms with E-state index < -0.39 is 0 Å². The number of rotatable bonds is 5. The van der Waals surface area contributed by atoms with Crippen LogP contribution in [-0.2, 0) is 4.74 Å². The van der Waals surface area contributed by atoms with E-state index in [0.29, 0.717) is 17.9 Å². The van der Waals surface area contributed by atoms with Crippen LogP contribution in [0.5, 0.6) is 0 Å². The highest BCUT2D eigenvalue weighted by Crippen LogP contribution is 2.06. The minimum atomic E-state index is -0.293. The number of ether oxygens (including phenoxy) is 1. The van der Waals surface area contributed by atoms with Gasteiger partial charge in [0.1, 0.15) is 0 Å². The van der Waals surface area contributed by atoms with E-state index in [1.807, 2.05) is 14.1 Å². The first-order valence-corrected chi connectivity index (χ1v) is 5.27. The van der Waals surface area contributed by atoms with Crippen molar-refractivity contribution in [1.82, 2.24) is 4.90 Å². The molecule has 0 fully saturated rings. The summed E-state index contributed by atoms with van der Waals surface area (Å²) in [5.41, 5.74) is 6.71. The van der Waals surface area contributed by atoms with Crippen LogP contribution in [0, 0.1) is 0 Å². The van der Waals surface area contributed by atoms with Crippen molar-refractivity contribution in [3.05, 3.63) is 29.8 Å². The number of anilines is 1. The highest BCUT2D eigenvalue weighted by atomic mass is 35.5. The normalized spacial score (nSPS) is 9.82. The number of esters is 1. The van der Waals surface area contributed by atoms with E-state index in [1.54, 1.807) is 24.3 Å². The molecule has 0 aliphatic heterocycles. The molecule has 0 saturated heterocycles. The molecule has 0 aliphatic rings. The van der Waals surface area contributed by atoms with Crippen LogP contribution in [0.3, 0.4) is 0 Å². The third-order valence-electron chi connectivity index (χ3n) is 2.13. The Bertz CT molecular complexity index is 339. The number of benzene rings is 1. The van der Waals surface area contributed by atoms with E-state index in [2.05, 4.69) is 4.90 Å². The molecule has 1 aromatic rings. The summed E-state index contributed by atoms with van der Waals surface area (Å²) < 4.78 is 5.11. The molecule has 0 amide bonds. The van der Waals surface area contributed by atoms with E-state index in [4.69, 9.17) is 10.5 Å². The van der Waals surface area contributed by atoms with Gasteiger partial charge in [0, 0.05) is 12.2 Å². The van der Waals surface area contributed by atoms with E-state index >= 15 is 0 Å². The summed E-state index contributed by atoms with van der Waals surface area (Å²) in [7, 11) is 3.98. The molecule has 0 unspecified atom stereocenters. The van der Waals surface area contributed by atoms with Crippen LogP contribution in [0.2, 0.25) is 0 Å². The average Bonchev–Trinajstić information content (AvgIpc) is 2.25. The van der Waals surface area contributed by atoms with Crippen molar-refractivity contribution in [2.75, 3.05) is 33.0 Å². The number of carbonyl (C=O) groups is 1. The van der Waals surface area contributed by atoms with Gasteiger partial charge in [-0.2, -0.15) is 0 Å². The number of nitrogens with zero attached hydrogens (tertiary/aromatic N) is 1. The molecule has 0 bridgehead atoms. The number of nitrogen functional groups attached to an aromatic ring is 1. The number of halogens is 1. The monoisotopic (exact) mass is 258 g/mol. The van der Waals surface area contributed by atoms with Crippen molar-refractivity contribution in [3.63, 3.8) is 0 Å². The summed E-state index contributed by atoms with van der Waals surface area (Å²) in [4.78, 5) is 13.6. The second kappa shape index (κ2) is 7.92. The number of carbonyl (C=O) groups excluding carboxylic acids is 1. The van der Waals surface area contributed by atoms with E-state index in [1.165, 1.54) is 0 Å². The fourth-order valence-corrected chi connectivity index (χ4v) is 1.25. The van der Waals surface area contributed by atoms with E-state index in [-0.39, 0.29) is 18.4 Å². The molecule has 2 N–H and O–H groups in total. The maximum Gasteiger partial charge on any atom is 0.338 e. The highest BCUT2D eigenvalue weighted by Gasteiger charge is 2.05. The maximum atomic E-state index is 11.5. The fourth-order valence-electron chi connectivity index (χ4n) is 1.25. The molecule has 1 rings (SSSR count). The summed E-state index contributed by atoms with van der Waals surface area (Å²) >= 11 is 0. The molecule has 1 aromatic carbocycles. The lowest BCUT2D eigenvalue weighted by Crippen LogP contribution is -2.16. The molecule has 17 heavy (non-hydrogen) atoms. The smallest absolute Gasteiger partial charge is 0.338 e. The maximum absolute atomic E-state index is 11.5. The summed E-state index contributed by atoms with van der Waals surface area (Å²) in [6.07, 6.45) is 0.841. The van der Waals surface area contributed by atoms with Crippen molar-refractivity contribution < 1.29 is 9.53 Å². The Morgan fingerprint density at radius 3 is 2.41 bits per heavy atom. The van der Waals surface area contributed by atoms with Gasteiger partial charge in [-0.05, 0) is 44.8 Å². The lowest BCUT2D eigenvalue weighted by molar-refractivity contribution is 0.0493. The minimum absolute atomic E-state index is 0. The van der Waals surface area contributed by atoms with Gasteiger partial charge in [-0.25, -0.2) is 4.79 Å². The molecule has 96 valence electrons. The first-order valence-electron chi connectivity index (χ1n) is 5.27. The van der Waals surface area contributed by atoms with Gasteiger partial charge in [-0.1, -0.05) is 0 Å². The Morgan fingerprint density at radius 2 is 1.88 bits per heavy atom. The molecule has 0 saturated carbocycles. The molecule has 5 heteroatoms. The van der Waals surface area contributed by atoms with Crippen LogP contribution in [-0.4, -0.2) is 38.1 Å². The zero-order valence-corrected chi connectivity index (χ0v) is 11.0. The molecular weight excluding hydrogens is 240 g/mol. The lowest BCUT2D eigenvalue weighted by Gasteiger charge is -2.09. The predicted octanol–water partition coefficient (Wildman–Crippen LogP) is 1.80. The van der Waals surface area contributed by atoms with Gasteiger partial charge in [0.05, 0.1) is 12.2 Å². The molecule has 0 aliphatic carbocycles. The van der Waals surface area contributed by atoms with Gasteiger partial charge in [0.2, 0.25) is 0 Å². The lowest BCUT2D eigenvalue weighted by atomic mass is 10.2. The summed E-state index contributed by atoms with van der Waals surface area (Å²) in [5.74, 6) is -0.293.